The van der Waals surface area contributed by atoms with Gasteiger partial charge in [-0.3, -0.25) is 4.79 Å². The number of piperazine rings is 1. The first-order chi connectivity index (χ1) is 8.50. The van der Waals surface area contributed by atoms with Crippen LogP contribution in [0.15, 0.2) is 18.2 Å². The number of carbonyl (C=O) groups is 1. The predicted molar refractivity (Wildman–Crippen MR) is 73.9 cm³/mol. The van der Waals surface area contributed by atoms with Crippen molar-refractivity contribution in [1.82, 2.24) is 10.2 Å². The van der Waals surface area contributed by atoms with Gasteiger partial charge in [0, 0.05) is 30.7 Å². The molecule has 0 aliphatic carbocycles. The summed E-state index contributed by atoms with van der Waals surface area (Å²) >= 11 is 0. The van der Waals surface area contributed by atoms with Crippen LogP contribution in [0.5, 0.6) is 0 Å². The second-order valence-corrected chi connectivity index (χ2v) is 5.38. The van der Waals surface area contributed by atoms with Crippen molar-refractivity contribution in [2.75, 3.05) is 13.1 Å². The fourth-order valence-corrected chi connectivity index (χ4v) is 2.60. The highest BCUT2D eigenvalue weighted by atomic mass is 16.2. The molecule has 18 heavy (non-hydrogen) atoms. The SMILES string of the molecule is Cc1cccc(C)c1C(=O)N1CC(C)NCC1C. The van der Waals surface area contributed by atoms with Crippen molar-refractivity contribution in [1.29, 1.82) is 0 Å². The topological polar surface area (TPSA) is 32.3 Å². The molecule has 1 saturated heterocycles. The molecule has 1 aromatic rings. The van der Waals surface area contributed by atoms with Crippen molar-refractivity contribution in [3.8, 4) is 0 Å². The van der Waals surface area contributed by atoms with Gasteiger partial charge in [0.15, 0.2) is 0 Å². The van der Waals surface area contributed by atoms with E-state index in [1.807, 2.05) is 36.9 Å². The van der Waals surface area contributed by atoms with Gasteiger partial charge in [0.25, 0.3) is 5.91 Å². The summed E-state index contributed by atoms with van der Waals surface area (Å²) in [6.07, 6.45) is 0. The summed E-state index contributed by atoms with van der Waals surface area (Å²) in [7, 11) is 0. The minimum Gasteiger partial charge on any atom is -0.333 e. The van der Waals surface area contributed by atoms with Crippen LogP contribution in [-0.2, 0) is 0 Å². The van der Waals surface area contributed by atoms with Gasteiger partial charge < -0.3 is 10.2 Å². The second-order valence-electron chi connectivity index (χ2n) is 5.38. The van der Waals surface area contributed by atoms with E-state index >= 15 is 0 Å². The predicted octanol–water partition coefficient (Wildman–Crippen LogP) is 2.13. The fourth-order valence-electron chi connectivity index (χ4n) is 2.60. The first-order valence-electron chi connectivity index (χ1n) is 6.61. The summed E-state index contributed by atoms with van der Waals surface area (Å²) in [5, 5.41) is 3.40. The summed E-state index contributed by atoms with van der Waals surface area (Å²) in [6.45, 7) is 9.90. The molecule has 1 heterocycles. The van der Waals surface area contributed by atoms with Gasteiger partial charge in [-0.05, 0) is 38.8 Å². The third-order valence-electron chi connectivity index (χ3n) is 3.72. The van der Waals surface area contributed by atoms with Crippen molar-refractivity contribution in [3.63, 3.8) is 0 Å². The van der Waals surface area contributed by atoms with E-state index in [0.29, 0.717) is 6.04 Å². The van der Waals surface area contributed by atoms with Gasteiger partial charge in [0.1, 0.15) is 0 Å². The molecule has 0 aromatic heterocycles. The summed E-state index contributed by atoms with van der Waals surface area (Å²) in [6, 6.07) is 6.65. The van der Waals surface area contributed by atoms with Crippen LogP contribution in [0.2, 0.25) is 0 Å². The summed E-state index contributed by atoms with van der Waals surface area (Å²) in [4.78, 5) is 14.7. The molecular weight excluding hydrogens is 224 g/mol. The Bertz CT molecular complexity index is 436. The summed E-state index contributed by atoms with van der Waals surface area (Å²) in [5.74, 6) is 0.173. The Morgan fingerprint density at radius 2 is 1.89 bits per heavy atom. The lowest BCUT2D eigenvalue weighted by molar-refractivity contribution is 0.0615. The largest absolute Gasteiger partial charge is 0.333 e. The highest BCUT2D eigenvalue weighted by Crippen LogP contribution is 2.18. The van der Waals surface area contributed by atoms with Crippen LogP contribution in [0.4, 0.5) is 0 Å². The van der Waals surface area contributed by atoms with Crippen molar-refractivity contribution in [2.24, 2.45) is 0 Å². The van der Waals surface area contributed by atoms with E-state index in [0.717, 1.165) is 29.8 Å². The number of nitrogens with zero attached hydrogens (tertiary/aromatic N) is 1. The molecule has 1 fully saturated rings. The van der Waals surface area contributed by atoms with Gasteiger partial charge in [0.2, 0.25) is 0 Å². The van der Waals surface area contributed by atoms with Crippen molar-refractivity contribution < 1.29 is 4.79 Å². The van der Waals surface area contributed by atoms with Crippen LogP contribution in [0.25, 0.3) is 0 Å². The molecule has 0 spiro atoms. The average molecular weight is 246 g/mol. The first kappa shape index (κ1) is 13.1. The highest BCUT2D eigenvalue weighted by Gasteiger charge is 2.28. The van der Waals surface area contributed by atoms with Crippen molar-refractivity contribution in [2.45, 2.75) is 39.8 Å². The number of nitrogens with one attached hydrogen (secondary N) is 1. The lowest BCUT2D eigenvalue weighted by Gasteiger charge is -2.38. The van der Waals surface area contributed by atoms with Gasteiger partial charge in [-0.2, -0.15) is 0 Å². The number of amides is 1. The molecule has 2 unspecified atom stereocenters. The van der Waals surface area contributed by atoms with Crippen molar-refractivity contribution in [3.05, 3.63) is 34.9 Å². The average Bonchev–Trinajstić information content (AvgIpc) is 2.32. The molecule has 3 nitrogen and oxygen atoms in total. The quantitative estimate of drug-likeness (QED) is 0.823. The molecular formula is C15H22N2O. The number of hydrogen-bond donors (Lipinski definition) is 1. The number of rotatable bonds is 1. The maximum atomic E-state index is 12.7. The Balaban J connectivity index is 2.30. The van der Waals surface area contributed by atoms with Crippen LogP contribution >= 0.6 is 0 Å². The van der Waals surface area contributed by atoms with E-state index in [9.17, 15) is 4.79 Å². The molecule has 0 bridgehead atoms. The Morgan fingerprint density at radius 1 is 1.28 bits per heavy atom. The Hall–Kier alpha value is -1.35. The third-order valence-corrected chi connectivity index (χ3v) is 3.72. The van der Waals surface area contributed by atoms with E-state index in [2.05, 4.69) is 19.2 Å². The van der Waals surface area contributed by atoms with Gasteiger partial charge in [-0.25, -0.2) is 0 Å². The van der Waals surface area contributed by atoms with Crippen LogP contribution in [0, 0.1) is 13.8 Å². The molecule has 1 amide bonds. The Labute approximate surface area is 109 Å². The smallest absolute Gasteiger partial charge is 0.254 e. The lowest BCUT2D eigenvalue weighted by Crippen LogP contribution is -2.56. The Morgan fingerprint density at radius 3 is 2.50 bits per heavy atom. The highest BCUT2D eigenvalue weighted by molar-refractivity contribution is 5.97. The molecule has 98 valence electrons. The molecule has 1 aromatic carbocycles. The van der Waals surface area contributed by atoms with Crippen molar-refractivity contribution >= 4 is 5.91 Å². The molecule has 3 heteroatoms. The monoisotopic (exact) mass is 246 g/mol. The minimum absolute atomic E-state index is 0.173. The maximum absolute atomic E-state index is 12.7. The van der Waals surface area contributed by atoms with E-state index in [4.69, 9.17) is 0 Å². The third kappa shape index (κ3) is 2.41. The number of carbonyl (C=O) groups excluding carboxylic acids is 1. The molecule has 0 saturated carbocycles. The van der Waals surface area contributed by atoms with Gasteiger partial charge >= 0.3 is 0 Å². The zero-order chi connectivity index (χ0) is 13.3. The molecule has 2 atom stereocenters. The number of aryl methyl sites for hydroxylation is 2. The van der Waals surface area contributed by atoms with E-state index < -0.39 is 0 Å². The Kier molecular flexibility index (Phi) is 3.71. The van der Waals surface area contributed by atoms with Gasteiger partial charge in [-0.1, -0.05) is 18.2 Å². The van der Waals surface area contributed by atoms with Gasteiger partial charge in [0.05, 0.1) is 0 Å². The van der Waals surface area contributed by atoms with E-state index in [-0.39, 0.29) is 11.9 Å². The van der Waals surface area contributed by atoms with Crippen LogP contribution in [0.1, 0.15) is 35.3 Å². The zero-order valence-electron chi connectivity index (χ0n) is 11.7. The normalized spacial score (nSPS) is 24.1. The number of hydrogen-bond acceptors (Lipinski definition) is 2. The van der Waals surface area contributed by atoms with E-state index in [1.54, 1.807) is 0 Å². The molecule has 2 rings (SSSR count). The minimum atomic E-state index is 0.173. The second kappa shape index (κ2) is 5.11. The number of benzene rings is 1. The van der Waals surface area contributed by atoms with Gasteiger partial charge in [-0.15, -0.1) is 0 Å². The molecule has 1 N–H and O–H groups in total. The molecule has 1 aliphatic heterocycles. The lowest BCUT2D eigenvalue weighted by atomic mass is 10.00. The van der Waals surface area contributed by atoms with E-state index in [1.165, 1.54) is 0 Å². The zero-order valence-corrected chi connectivity index (χ0v) is 11.7. The first-order valence-corrected chi connectivity index (χ1v) is 6.61. The van der Waals surface area contributed by atoms with Crippen LogP contribution in [0.3, 0.4) is 0 Å². The maximum Gasteiger partial charge on any atom is 0.254 e. The molecule has 0 radical (unpaired) electrons. The van der Waals surface area contributed by atoms with Crippen LogP contribution in [-0.4, -0.2) is 36.0 Å². The summed E-state index contributed by atoms with van der Waals surface area (Å²) in [5.41, 5.74) is 3.01. The fraction of sp³-hybridized carbons (Fsp3) is 0.533. The standard InChI is InChI=1S/C15H22N2O/c1-10-6-5-7-11(2)14(10)15(18)17-9-12(3)16-8-13(17)4/h5-7,12-13,16H,8-9H2,1-4H3. The molecule has 1 aliphatic rings. The summed E-state index contributed by atoms with van der Waals surface area (Å²) < 4.78 is 0. The van der Waals surface area contributed by atoms with Crippen LogP contribution < -0.4 is 5.32 Å².